The van der Waals surface area contributed by atoms with Crippen molar-refractivity contribution in [2.24, 2.45) is 5.92 Å². The molecule has 2 nitrogen and oxygen atoms in total. The Hall–Kier alpha value is -1.28. The van der Waals surface area contributed by atoms with Gasteiger partial charge in [-0.1, -0.05) is 24.6 Å². The van der Waals surface area contributed by atoms with Crippen LogP contribution in [0, 0.1) is 5.92 Å². The van der Waals surface area contributed by atoms with Crippen LogP contribution in [0.15, 0.2) is 30.3 Å². The van der Waals surface area contributed by atoms with Crippen molar-refractivity contribution in [3.05, 3.63) is 35.9 Å². The van der Waals surface area contributed by atoms with E-state index in [1.807, 2.05) is 12.1 Å². The first-order chi connectivity index (χ1) is 9.28. The van der Waals surface area contributed by atoms with E-state index >= 15 is 0 Å². The Labute approximate surface area is 119 Å². The predicted octanol–water partition coefficient (Wildman–Crippen LogP) is 4.21. The van der Waals surface area contributed by atoms with Crippen LogP contribution in [0.1, 0.15) is 24.8 Å². The summed E-state index contributed by atoms with van der Waals surface area (Å²) in [5.41, 5.74) is 2.21. The van der Waals surface area contributed by atoms with E-state index in [-0.39, 0.29) is 0 Å². The Balaban J connectivity index is 1.94. The molecule has 1 saturated carbocycles. The molecule has 1 aliphatic carbocycles. The molecule has 1 aromatic carbocycles. The maximum absolute atomic E-state index is 6.08. The zero-order valence-electron chi connectivity index (χ0n) is 11.3. The molecule has 0 spiro atoms. The van der Waals surface area contributed by atoms with Crippen LogP contribution in [0.4, 0.5) is 5.82 Å². The quantitative estimate of drug-likeness (QED) is 0.777. The molecule has 1 aromatic heterocycles. The van der Waals surface area contributed by atoms with Crippen LogP contribution in [-0.2, 0) is 5.88 Å². The van der Waals surface area contributed by atoms with Gasteiger partial charge in [0.1, 0.15) is 5.82 Å². The summed E-state index contributed by atoms with van der Waals surface area (Å²) in [7, 11) is 2.13. The highest BCUT2D eigenvalue weighted by Crippen LogP contribution is 2.29. The predicted molar refractivity (Wildman–Crippen MR) is 81.9 cm³/mol. The monoisotopic (exact) mass is 274 g/mol. The summed E-state index contributed by atoms with van der Waals surface area (Å²) in [5, 5.41) is 1.17. The zero-order chi connectivity index (χ0) is 13.2. The molecule has 0 amide bonds. The third-order valence-electron chi connectivity index (χ3n) is 4.08. The molecule has 1 aliphatic rings. The number of para-hydroxylation sites is 1. The highest BCUT2D eigenvalue weighted by molar-refractivity contribution is 6.18. The van der Waals surface area contributed by atoms with E-state index in [1.54, 1.807) is 0 Å². The van der Waals surface area contributed by atoms with Crippen LogP contribution < -0.4 is 4.90 Å². The average Bonchev–Trinajstić information content (AvgIpc) is 2.41. The molecule has 0 unspecified atom stereocenters. The van der Waals surface area contributed by atoms with Crippen molar-refractivity contribution >= 4 is 28.3 Å². The molecule has 3 heteroatoms. The second kappa shape index (κ2) is 5.38. The molecule has 0 aliphatic heterocycles. The van der Waals surface area contributed by atoms with Crippen molar-refractivity contribution in [2.75, 3.05) is 18.5 Å². The molecule has 0 saturated heterocycles. The van der Waals surface area contributed by atoms with Gasteiger partial charge >= 0.3 is 0 Å². The second-order valence-corrected chi connectivity index (χ2v) is 5.74. The number of benzene rings is 1. The van der Waals surface area contributed by atoms with Crippen molar-refractivity contribution in [1.82, 2.24) is 4.98 Å². The summed E-state index contributed by atoms with van der Waals surface area (Å²) in [6, 6.07) is 10.4. The van der Waals surface area contributed by atoms with E-state index in [9.17, 15) is 0 Å². The summed E-state index contributed by atoms with van der Waals surface area (Å²) >= 11 is 6.08. The van der Waals surface area contributed by atoms with Gasteiger partial charge in [-0.05, 0) is 36.5 Å². The van der Waals surface area contributed by atoms with Crippen molar-refractivity contribution in [3.63, 3.8) is 0 Å². The maximum atomic E-state index is 6.08. The van der Waals surface area contributed by atoms with Gasteiger partial charge in [0, 0.05) is 24.9 Å². The van der Waals surface area contributed by atoms with Crippen molar-refractivity contribution in [2.45, 2.75) is 25.1 Å². The largest absolute Gasteiger partial charge is 0.359 e. The molecule has 1 heterocycles. The first kappa shape index (κ1) is 12.7. The minimum absolute atomic E-state index is 0.535. The van der Waals surface area contributed by atoms with Crippen molar-refractivity contribution < 1.29 is 0 Å². The average molecular weight is 275 g/mol. The normalized spacial score (nSPS) is 15.5. The lowest BCUT2D eigenvalue weighted by molar-refractivity contribution is 0.321. The molecule has 2 aromatic rings. The summed E-state index contributed by atoms with van der Waals surface area (Å²) in [5.74, 6) is 2.42. The van der Waals surface area contributed by atoms with Crippen molar-refractivity contribution in [3.8, 4) is 0 Å². The lowest BCUT2D eigenvalue weighted by atomic mass is 9.85. The molecule has 0 bridgehead atoms. The summed E-state index contributed by atoms with van der Waals surface area (Å²) < 4.78 is 0. The minimum atomic E-state index is 0.535. The minimum Gasteiger partial charge on any atom is -0.359 e. The first-order valence-corrected chi connectivity index (χ1v) is 7.47. The van der Waals surface area contributed by atoms with E-state index in [4.69, 9.17) is 16.6 Å². The van der Waals surface area contributed by atoms with E-state index in [0.717, 1.165) is 23.8 Å². The van der Waals surface area contributed by atoms with Crippen LogP contribution in [0.2, 0.25) is 0 Å². The Bertz CT molecular complexity index is 578. The number of fused-ring (bicyclic) bond motifs is 1. The fourth-order valence-corrected chi connectivity index (χ4v) is 2.92. The third kappa shape index (κ3) is 2.55. The van der Waals surface area contributed by atoms with Gasteiger partial charge < -0.3 is 4.90 Å². The van der Waals surface area contributed by atoms with Crippen molar-refractivity contribution in [1.29, 1.82) is 0 Å². The molecule has 3 rings (SSSR count). The van der Waals surface area contributed by atoms with Gasteiger partial charge in [0.2, 0.25) is 0 Å². The zero-order valence-corrected chi connectivity index (χ0v) is 12.0. The summed E-state index contributed by atoms with van der Waals surface area (Å²) in [6.07, 6.45) is 4.11. The molecule has 0 atom stereocenters. The number of hydrogen-bond donors (Lipinski definition) is 0. The maximum Gasteiger partial charge on any atom is 0.129 e. The van der Waals surface area contributed by atoms with Gasteiger partial charge in [0.15, 0.2) is 0 Å². The summed E-state index contributed by atoms with van der Waals surface area (Å²) in [6.45, 7) is 1.10. The Kier molecular flexibility index (Phi) is 3.61. The molecule has 1 fully saturated rings. The number of anilines is 1. The molecule has 0 radical (unpaired) electrons. The number of hydrogen-bond acceptors (Lipinski definition) is 2. The summed E-state index contributed by atoms with van der Waals surface area (Å²) in [4.78, 5) is 7.03. The van der Waals surface area contributed by atoms with E-state index in [1.165, 1.54) is 30.2 Å². The topological polar surface area (TPSA) is 16.1 Å². The molecular weight excluding hydrogens is 256 g/mol. The molecule has 19 heavy (non-hydrogen) atoms. The van der Waals surface area contributed by atoms with Crippen LogP contribution >= 0.6 is 11.6 Å². The van der Waals surface area contributed by atoms with Gasteiger partial charge in [-0.25, -0.2) is 4.98 Å². The fraction of sp³-hybridized carbons (Fsp3) is 0.438. The lowest BCUT2D eigenvalue weighted by Crippen LogP contribution is -2.29. The lowest BCUT2D eigenvalue weighted by Gasteiger charge is -2.31. The number of nitrogens with zero attached hydrogens (tertiary/aromatic N) is 2. The Morgan fingerprint density at radius 1 is 1.32 bits per heavy atom. The standard InChI is InChI=1S/C16H19ClN2/c1-19(11-12-5-4-6-12)16-9-13(10-17)14-7-2-3-8-15(14)18-16/h2-3,7-9,12H,4-6,10-11H2,1H3. The first-order valence-electron chi connectivity index (χ1n) is 6.93. The fourth-order valence-electron chi connectivity index (χ4n) is 2.69. The van der Waals surface area contributed by atoms with Crippen LogP contribution in [-0.4, -0.2) is 18.6 Å². The van der Waals surface area contributed by atoms with Gasteiger partial charge in [0.25, 0.3) is 0 Å². The highest BCUT2D eigenvalue weighted by atomic mass is 35.5. The molecular formula is C16H19ClN2. The van der Waals surface area contributed by atoms with Crippen LogP contribution in [0.5, 0.6) is 0 Å². The van der Waals surface area contributed by atoms with E-state index in [0.29, 0.717) is 5.88 Å². The Morgan fingerprint density at radius 2 is 2.11 bits per heavy atom. The third-order valence-corrected chi connectivity index (χ3v) is 4.37. The van der Waals surface area contributed by atoms with Gasteiger partial charge in [-0.3, -0.25) is 0 Å². The smallest absolute Gasteiger partial charge is 0.129 e. The number of alkyl halides is 1. The molecule has 100 valence electrons. The van der Waals surface area contributed by atoms with Gasteiger partial charge in [-0.2, -0.15) is 0 Å². The SMILES string of the molecule is CN(CC1CCC1)c1cc(CCl)c2ccccc2n1. The number of halogens is 1. The van der Waals surface area contributed by atoms with E-state index < -0.39 is 0 Å². The van der Waals surface area contributed by atoms with Crippen LogP contribution in [0.25, 0.3) is 10.9 Å². The Morgan fingerprint density at radius 3 is 2.79 bits per heavy atom. The van der Waals surface area contributed by atoms with Gasteiger partial charge in [0.05, 0.1) is 5.52 Å². The highest BCUT2D eigenvalue weighted by Gasteiger charge is 2.20. The molecule has 0 N–H and O–H groups in total. The van der Waals surface area contributed by atoms with Gasteiger partial charge in [-0.15, -0.1) is 11.6 Å². The number of pyridine rings is 1. The van der Waals surface area contributed by atoms with E-state index in [2.05, 4.69) is 30.1 Å². The number of rotatable bonds is 4. The van der Waals surface area contributed by atoms with Crippen LogP contribution in [0.3, 0.4) is 0 Å². The number of aromatic nitrogens is 1. The second-order valence-electron chi connectivity index (χ2n) is 5.47.